The van der Waals surface area contributed by atoms with Crippen LogP contribution in [0.3, 0.4) is 0 Å². The third-order valence-electron chi connectivity index (χ3n) is 2.34. The maximum atomic E-state index is 10.8. The highest BCUT2D eigenvalue weighted by atomic mass is 35.5. The SMILES string of the molecule is CCNCc1noc(-c2cc(Cl)cc([N+](=O)[O-])c2)n1. The fraction of sp³-hybridized carbons (Fsp3) is 0.273. The van der Waals surface area contributed by atoms with Crippen LogP contribution in [0.15, 0.2) is 22.7 Å². The lowest BCUT2D eigenvalue weighted by atomic mass is 10.2. The van der Waals surface area contributed by atoms with Gasteiger partial charge in [0, 0.05) is 22.7 Å². The van der Waals surface area contributed by atoms with E-state index in [-0.39, 0.29) is 16.6 Å². The van der Waals surface area contributed by atoms with Gasteiger partial charge in [0.25, 0.3) is 11.6 Å². The first-order chi connectivity index (χ1) is 9.10. The summed E-state index contributed by atoms with van der Waals surface area (Å²) < 4.78 is 5.06. The van der Waals surface area contributed by atoms with Gasteiger partial charge in [0.1, 0.15) is 0 Å². The first-order valence-electron chi connectivity index (χ1n) is 5.59. The average Bonchev–Trinajstić information content (AvgIpc) is 2.84. The highest BCUT2D eigenvalue weighted by Gasteiger charge is 2.14. The minimum absolute atomic E-state index is 0.117. The normalized spacial score (nSPS) is 10.6. The standard InChI is InChI=1S/C11H11ClN4O3/c1-2-13-6-10-14-11(19-15-10)7-3-8(12)5-9(4-7)16(17)18/h3-5,13H,2,6H2,1H3. The van der Waals surface area contributed by atoms with Gasteiger partial charge in [-0.25, -0.2) is 0 Å². The van der Waals surface area contributed by atoms with Crippen molar-refractivity contribution in [3.05, 3.63) is 39.2 Å². The van der Waals surface area contributed by atoms with E-state index in [0.29, 0.717) is 17.9 Å². The van der Waals surface area contributed by atoms with Gasteiger partial charge in [-0.15, -0.1) is 0 Å². The van der Waals surface area contributed by atoms with Gasteiger partial charge in [-0.1, -0.05) is 23.7 Å². The van der Waals surface area contributed by atoms with E-state index >= 15 is 0 Å². The van der Waals surface area contributed by atoms with Crippen molar-refractivity contribution >= 4 is 17.3 Å². The Bertz CT molecular complexity index is 599. The molecule has 1 aromatic carbocycles. The van der Waals surface area contributed by atoms with E-state index in [9.17, 15) is 10.1 Å². The lowest BCUT2D eigenvalue weighted by Crippen LogP contribution is -2.12. The topological polar surface area (TPSA) is 94.1 Å². The van der Waals surface area contributed by atoms with E-state index in [4.69, 9.17) is 16.1 Å². The number of hydrogen-bond acceptors (Lipinski definition) is 6. The van der Waals surface area contributed by atoms with Crippen LogP contribution in [-0.4, -0.2) is 21.6 Å². The zero-order valence-electron chi connectivity index (χ0n) is 10.1. The van der Waals surface area contributed by atoms with Crippen LogP contribution in [-0.2, 0) is 6.54 Å². The van der Waals surface area contributed by atoms with E-state index in [1.165, 1.54) is 12.1 Å². The Balaban J connectivity index is 2.30. The molecule has 0 amide bonds. The minimum Gasteiger partial charge on any atom is -0.334 e. The molecule has 0 atom stereocenters. The summed E-state index contributed by atoms with van der Waals surface area (Å²) in [6.07, 6.45) is 0. The molecular weight excluding hydrogens is 272 g/mol. The molecule has 0 saturated carbocycles. The highest BCUT2D eigenvalue weighted by molar-refractivity contribution is 6.31. The van der Waals surface area contributed by atoms with E-state index in [2.05, 4.69) is 15.5 Å². The summed E-state index contributed by atoms with van der Waals surface area (Å²) >= 11 is 5.83. The number of benzene rings is 1. The van der Waals surface area contributed by atoms with Crippen molar-refractivity contribution < 1.29 is 9.45 Å². The number of nitrogens with zero attached hydrogens (tertiary/aromatic N) is 3. The Labute approximate surface area is 113 Å². The molecule has 0 aliphatic carbocycles. The van der Waals surface area contributed by atoms with Crippen molar-refractivity contribution in [2.24, 2.45) is 0 Å². The van der Waals surface area contributed by atoms with E-state index in [1.54, 1.807) is 6.07 Å². The molecular formula is C11H11ClN4O3. The number of halogens is 1. The van der Waals surface area contributed by atoms with E-state index in [1.807, 2.05) is 6.92 Å². The Morgan fingerprint density at radius 1 is 1.47 bits per heavy atom. The fourth-order valence-corrected chi connectivity index (χ4v) is 1.71. The summed E-state index contributed by atoms with van der Waals surface area (Å²) in [4.78, 5) is 14.4. The van der Waals surface area contributed by atoms with Crippen molar-refractivity contribution in [2.45, 2.75) is 13.5 Å². The van der Waals surface area contributed by atoms with Crippen LogP contribution in [0.1, 0.15) is 12.7 Å². The molecule has 8 heteroatoms. The molecule has 2 aromatic rings. The molecule has 1 N–H and O–H groups in total. The zero-order valence-corrected chi connectivity index (χ0v) is 10.8. The molecule has 0 spiro atoms. The molecule has 1 heterocycles. The second-order valence-electron chi connectivity index (χ2n) is 3.75. The second kappa shape index (κ2) is 5.77. The molecule has 0 unspecified atom stereocenters. The van der Waals surface area contributed by atoms with Crippen LogP contribution in [0.4, 0.5) is 5.69 Å². The van der Waals surface area contributed by atoms with Crippen molar-refractivity contribution in [3.63, 3.8) is 0 Å². The molecule has 0 fully saturated rings. The molecule has 0 saturated heterocycles. The summed E-state index contributed by atoms with van der Waals surface area (Å²) in [5.74, 6) is 0.693. The van der Waals surface area contributed by atoms with Crippen LogP contribution >= 0.6 is 11.6 Å². The van der Waals surface area contributed by atoms with Gasteiger partial charge in [-0.05, 0) is 12.6 Å². The molecule has 2 rings (SSSR count). The van der Waals surface area contributed by atoms with Gasteiger partial charge in [0.05, 0.1) is 11.5 Å². The van der Waals surface area contributed by atoms with Crippen molar-refractivity contribution in [1.82, 2.24) is 15.5 Å². The number of hydrogen-bond donors (Lipinski definition) is 1. The average molecular weight is 283 g/mol. The zero-order chi connectivity index (χ0) is 13.8. The van der Waals surface area contributed by atoms with Crippen LogP contribution in [0, 0.1) is 10.1 Å². The molecule has 0 aliphatic heterocycles. The van der Waals surface area contributed by atoms with E-state index in [0.717, 1.165) is 6.54 Å². The smallest absolute Gasteiger partial charge is 0.271 e. The Hall–Kier alpha value is -1.99. The van der Waals surface area contributed by atoms with Gasteiger partial charge < -0.3 is 9.84 Å². The predicted molar refractivity (Wildman–Crippen MR) is 68.8 cm³/mol. The van der Waals surface area contributed by atoms with Crippen molar-refractivity contribution in [3.8, 4) is 11.5 Å². The number of nitro groups is 1. The Morgan fingerprint density at radius 2 is 2.26 bits per heavy atom. The molecule has 0 radical (unpaired) electrons. The van der Waals surface area contributed by atoms with Gasteiger partial charge in [-0.3, -0.25) is 10.1 Å². The molecule has 0 bridgehead atoms. The largest absolute Gasteiger partial charge is 0.334 e. The maximum absolute atomic E-state index is 10.8. The summed E-state index contributed by atoms with van der Waals surface area (Å²) in [7, 11) is 0. The number of non-ortho nitro benzene ring substituents is 1. The summed E-state index contributed by atoms with van der Waals surface area (Å²) in [6, 6.07) is 4.15. The number of aromatic nitrogens is 2. The molecule has 1 aromatic heterocycles. The van der Waals surface area contributed by atoms with Gasteiger partial charge in [0.2, 0.25) is 0 Å². The highest BCUT2D eigenvalue weighted by Crippen LogP contribution is 2.27. The lowest BCUT2D eigenvalue weighted by Gasteiger charge is -1.97. The lowest BCUT2D eigenvalue weighted by molar-refractivity contribution is -0.384. The van der Waals surface area contributed by atoms with Crippen molar-refractivity contribution in [1.29, 1.82) is 0 Å². The number of nitro benzene ring substituents is 1. The minimum atomic E-state index is -0.523. The van der Waals surface area contributed by atoms with Crippen LogP contribution in [0.5, 0.6) is 0 Å². The molecule has 7 nitrogen and oxygen atoms in total. The summed E-state index contributed by atoms with van der Waals surface area (Å²) in [6.45, 7) is 3.22. The molecule has 0 aliphatic rings. The predicted octanol–water partition coefficient (Wildman–Crippen LogP) is 2.41. The Kier molecular flexibility index (Phi) is 4.08. The van der Waals surface area contributed by atoms with Crippen molar-refractivity contribution in [2.75, 3.05) is 6.54 Å². The first kappa shape index (κ1) is 13.4. The van der Waals surface area contributed by atoms with E-state index < -0.39 is 4.92 Å². The molecule has 100 valence electrons. The fourth-order valence-electron chi connectivity index (χ4n) is 1.48. The summed E-state index contributed by atoms with van der Waals surface area (Å²) in [5.41, 5.74) is 0.309. The second-order valence-corrected chi connectivity index (χ2v) is 4.19. The maximum Gasteiger partial charge on any atom is 0.271 e. The quantitative estimate of drug-likeness (QED) is 0.668. The third kappa shape index (κ3) is 3.27. The van der Waals surface area contributed by atoms with Gasteiger partial charge in [-0.2, -0.15) is 4.98 Å². The monoisotopic (exact) mass is 282 g/mol. The van der Waals surface area contributed by atoms with Crippen LogP contribution in [0.25, 0.3) is 11.5 Å². The first-order valence-corrected chi connectivity index (χ1v) is 5.96. The molecule has 19 heavy (non-hydrogen) atoms. The van der Waals surface area contributed by atoms with Gasteiger partial charge in [0.15, 0.2) is 5.82 Å². The summed E-state index contributed by atoms with van der Waals surface area (Å²) in [5, 5.41) is 17.8. The van der Waals surface area contributed by atoms with Crippen LogP contribution < -0.4 is 5.32 Å². The number of rotatable bonds is 5. The third-order valence-corrected chi connectivity index (χ3v) is 2.56. The van der Waals surface area contributed by atoms with Crippen LogP contribution in [0.2, 0.25) is 5.02 Å². The number of nitrogens with one attached hydrogen (secondary N) is 1. The van der Waals surface area contributed by atoms with Gasteiger partial charge >= 0.3 is 0 Å². The Morgan fingerprint density at radius 3 is 2.95 bits per heavy atom.